The first kappa shape index (κ1) is 20.3. The van der Waals surface area contributed by atoms with Crippen molar-refractivity contribution in [3.63, 3.8) is 0 Å². The van der Waals surface area contributed by atoms with Gasteiger partial charge in [-0.3, -0.25) is 10.1 Å². The average molecular weight is 449 g/mol. The molecule has 0 atom stereocenters. The number of hydrogen-bond donors (Lipinski definition) is 3. The Morgan fingerprint density at radius 2 is 1.94 bits per heavy atom. The maximum absolute atomic E-state index is 4.63. The Kier molecular flexibility index (Phi) is 4.92. The first-order chi connectivity index (χ1) is 16.7. The molecule has 0 aliphatic rings. The van der Waals surface area contributed by atoms with E-state index in [4.69, 9.17) is 0 Å². The van der Waals surface area contributed by atoms with Crippen LogP contribution in [0.1, 0.15) is 18.2 Å². The van der Waals surface area contributed by atoms with Crippen LogP contribution in [0.5, 0.6) is 0 Å². The summed E-state index contributed by atoms with van der Waals surface area (Å²) in [6, 6.07) is 12.6. The lowest BCUT2D eigenvalue weighted by molar-refractivity contribution is 0.724. The minimum absolute atomic E-state index is 0.803. The number of imidazole rings is 1. The van der Waals surface area contributed by atoms with Crippen molar-refractivity contribution in [1.82, 2.24) is 40.0 Å². The molecule has 8 nitrogen and oxygen atoms in total. The Hall–Kier alpha value is -4.30. The summed E-state index contributed by atoms with van der Waals surface area (Å²) in [5.74, 6) is 0. The second-order valence-electron chi connectivity index (χ2n) is 8.39. The number of fused-ring (bicyclic) bond motifs is 2. The predicted octanol–water partition coefficient (Wildman–Crippen LogP) is 4.77. The minimum Gasteiger partial charge on any atom is -0.338 e. The standard InChI is InChI=1S/C26H24N8/c1-3-27-11-17-8-19(13-28-12-17)18-4-5-22-20(9-18)25(33-32-22)23-10-21-24(6-7-29-26(21)31-23)34-14-16(2)30-15-34/h4-10,12-15,27H,3,11H2,1-2H3,(H,29,31)(H,32,33). The number of nitrogens with one attached hydrogen (secondary N) is 3. The van der Waals surface area contributed by atoms with Crippen molar-refractivity contribution in [3.8, 4) is 28.2 Å². The van der Waals surface area contributed by atoms with E-state index in [9.17, 15) is 0 Å². The fourth-order valence-electron chi connectivity index (χ4n) is 4.33. The highest BCUT2D eigenvalue weighted by Gasteiger charge is 2.15. The quantitative estimate of drug-likeness (QED) is 0.341. The van der Waals surface area contributed by atoms with Crippen LogP contribution in [-0.2, 0) is 6.54 Å². The number of aryl methyl sites for hydroxylation is 1. The van der Waals surface area contributed by atoms with Crippen LogP contribution in [0.3, 0.4) is 0 Å². The summed E-state index contributed by atoms with van der Waals surface area (Å²) < 4.78 is 2.02. The largest absolute Gasteiger partial charge is 0.338 e. The van der Waals surface area contributed by atoms with E-state index < -0.39 is 0 Å². The molecule has 0 saturated heterocycles. The van der Waals surface area contributed by atoms with Gasteiger partial charge in [-0.1, -0.05) is 13.0 Å². The van der Waals surface area contributed by atoms with Crippen LogP contribution < -0.4 is 5.32 Å². The second-order valence-corrected chi connectivity index (χ2v) is 8.39. The van der Waals surface area contributed by atoms with Crippen LogP contribution in [-0.4, -0.2) is 41.2 Å². The van der Waals surface area contributed by atoms with E-state index in [1.54, 1.807) is 6.20 Å². The molecular weight excluding hydrogens is 424 g/mol. The summed E-state index contributed by atoms with van der Waals surface area (Å²) >= 11 is 0. The van der Waals surface area contributed by atoms with Gasteiger partial charge in [0.05, 0.1) is 28.9 Å². The lowest BCUT2D eigenvalue weighted by Gasteiger charge is -2.06. The number of aromatic nitrogens is 7. The van der Waals surface area contributed by atoms with Crippen molar-refractivity contribution >= 4 is 21.9 Å². The van der Waals surface area contributed by atoms with Gasteiger partial charge in [0.1, 0.15) is 11.3 Å². The number of H-pyrrole nitrogens is 2. The van der Waals surface area contributed by atoms with Gasteiger partial charge in [-0.2, -0.15) is 5.10 Å². The zero-order valence-electron chi connectivity index (χ0n) is 19.0. The topological polar surface area (TPSA) is 100 Å². The smallest absolute Gasteiger partial charge is 0.139 e. The van der Waals surface area contributed by atoms with Gasteiger partial charge < -0.3 is 14.9 Å². The zero-order chi connectivity index (χ0) is 23.1. The van der Waals surface area contributed by atoms with E-state index in [-0.39, 0.29) is 0 Å². The molecule has 0 radical (unpaired) electrons. The number of rotatable bonds is 6. The third-order valence-electron chi connectivity index (χ3n) is 6.02. The van der Waals surface area contributed by atoms with Crippen molar-refractivity contribution in [2.24, 2.45) is 0 Å². The Morgan fingerprint density at radius 3 is 2.79 bits per heavy atom. The van der Waals surface area contributed by atoms with Crippen LogP contribution in [0.4, 0.5) is 0 Å². The normalized spacial score (nSPS) is 11.6. The second kappa shape index (κ2) is 8.24. The Bertz CT molecular complexity index is 1620. The summed E-state index contributed by atoms with van der Waals surface area (Å²) in [5.41, 5.74) is 8.90. The highest BCUT2D eigenvalue weighted by molar-refractivity contribution is 5.98. The third kappa shape index (κ3) is 3.54. The van der Waals surface area contributed by atoms with Gasteiger partial charge in [-0.05, 0) is 54.9 Å². The van der Waals surface area contributed by atoms with Crippen LogP contribution in [0, 0.1) is 6.92 Å². The van der Waals surface area contributed by atoms with E-state index in [2.05, 4.69) is 72.7 Å². The molecule has 0 saturated carbocycles. The molecule has 0 aliphatic carbocycles. The van der Waals surface area contributed by atoms with Gasteiger partial charge in [-0.25, -0.2) is 9.97 Å². The minimum atomic E-state index is 0.803. The van der Waals surface area contributed by atoms with E-state index in [1.165, 1.54) is 0 Å². The molecule has 3 N–H and O–H groups in total. The molecule has 1 aromatic carbocycles. The summed E-state index contributed by atoms with van der Waals surface area (Å²) in [6.07, 6.45) is 9.45. The molecule has 5 heterocycles. The Morgan fingerprint density at radius 1 is 1.00 bits per heavy atom. The Balaban J connectivity index is 1.44. The van der Waals surface area contributed by atoms with Crippen LogP contribution in [0.2, 0.25) is 0 Å². The molecule has 34 heavy (non-hydrogen) atoms. The van der Waals surface area contributed by atoms with Gasteiger partial charge >= 0.3 is 0 Å². The lowest BCUT2D eigenvalue weighted by atomic mass is 10.0. The summed E-state index contributed by atoms with van der Waals surface area (Å²) in [6.45, 7) is 5.81. The highest BCUT2D eigenvalue weighted by atomic mass is 15.1. The van der Waals surface area contributed by atoms with Gasteiger partial charge in [0, 0.05) is 47.7 Å². The number of benzene rings is 1. The molecule has 6 rings (SSSR count). The molecule has 5 aromatic heterocycles. The van der Waals surface area contributed by atoms with Gasteiger partial charge in [0.25, 0.3) is 0 Å². The van der Waals surface area contributed by atoms with Gasteiger partial charge in [0.15, 0.2) is 0 Å². The van der Waals surface area contributed by atoms with Crippen molar-refractivity contribution in [1.29, 1.82) is 0 Å². The SMILES string of the molecule is CCNCc1cncc(-c2ccc3[nH]nc(-c4cc5c(-n6cnc(C)c6)ccnc5[nH]4)c3c2)c1. The van der Waals surface area contributed by atoms with Gasteiger partial charge in [0.2, 0.25) is 0 Å². The van der Waals surface area contributed by atoms with Gasteiger partial charge in [-0.15, -0.1) is 0 Å². The molecular formula is C26H24N8. The fourth-order valence-corrected chi connectivity index (χ4v) is 4.33. The molecule has 0 spiro atoms. The van der Waals surface area contributed by atoms with Crippen LogP contribution >= 0.6 is 0 Å². The number of hydrogen-bond acceptors (Lipinski definition) is 5. The highest BCUT2D eigenvalue weighted by Crippen LogP contribution is 2.33. The number of pyridine rings is 2. The number of nitrogens with zero attached hydrogens (tertiary/aromatic N) is 5. The first-order valence-electron chi connectivity index (χ1n) is 11.3. The summed E-state index contributed by atoms with van der Waals surface area (Å²) in [4.78, 5) is 16.8. The predicted molar refractivity (Wildman–Crippen MR) is 134 cm³/mol. The van der Waals surface area contributed by atoms with Crippen LogP contribution in [0.15, 0.2) is 67.5 Å². The lowest BCUT2D eigenvalue weighted by Crippen LogP contribution is -2.11. The van der Waals surface area contributed by atoms with Crippen molar-refractivity contribution < 1.29 is 0 Å². The van der Waals surface area contributed by atoms with Crippen molar-refractivity contribution in [2.45, 2.75) is 20.4 Å². The zero-order valence-corrected chi connectivity index (χ0v) is 19.0. The average Bonchev–Trinajstić information content (AvgIpc) is 3.59. The maximum atomic E-state index is 4.63. The monoisotopic (exact) mass is 448 g/mol. The first-order valence-corrected chi connectivity index (χ1v) is 11.3. The Labute approximate surface area is 196 Å². The molecule has 168 valence electrons. The van der Waals surface area contributed by atoms with E-state index in [0.29, 0.717) is 0 Å². The molecule has 8 heteroatoms. The number of aromatic amines is 2. The molecule has 0 bridgehead atoms. The maximum Gasteiger partial charge on any atom is 0.139 e. The van der Waals surface area contributed by atoms with E-state index >= 15 is 0 Å². The fraction of sp³-hybridized carbons (Fsp3) is 0.154. The van der Waals surface area contributed by atoms with E-state index in [1.807, 2.05) is 42.5 Å². The van der Waals surface area contributed by atoms with E-state index in [0.717, 1.165) is 74.5 Å². The molecule has 0 aliphatic heterocycles. The molecule has 0 unspecified atom stereocenters. The molecule has 0 fully saturated rings. The molecule has 0 amide bonds. The molecule has 6 aromatic rings. The van der Waals surface area contributed by atoms with Crippen molar-refractivity contribution in [2.75, 3.05) is 6.54 Å². The van der Waals surface area contributed by atoms with Crippen molar-refractivity contribution in [3.05, 3.63) is 78.8 Å². The van der Waals surface area contributed by atoms with Crippen LogP contribution in [0.25, 0.3) is 50.1 Å². The summed E-state index contributed by atoms with van der Waals surface area (Å²) in [7, 11) is 0. The third-order valence-corrected chi connectivity index (χ3v) is 6.02. The summed E-state index contributed by atoms with van der Waals surface area (Å²) in [5, 5.41) is 13.2.